The highest BCUT2D eigenvalue weighted by Crippen LogP contribution is 2.37. The Bertz CT molecular complexity index is 1640. The zero-order valence-electron chi connectivity index (χ0n) is 21.2. The summed E-state index contributed by atoms with van der Waals surface area (Å²) in [4.78, 5) is 3.48. The van der Waals surface area contributed by atoms with Crippen molar-refractivity contribution in [2.45, 2.75) is 55.0 Å². The number of aromatic nitrogens is 4. The van der Waals surface area contributed by atoms with Crippen molar-refractivity contribution in [1.29, 1.82) is 0 Å². The number of halogens is 6. The van der Waals surface area contributed by atoms with Crippen LogP contribution in [0.2, 0.25) is 0 Å². The monoisotopic (exact) mass is 599 g/mol. The van der Waals surface area contributed by atoms with Crippen molar-refractivity contribution < 1.29 is 39.5 Å². The number of pyridine rings is 1. The Kier molecular flexibility index (Phi) is 7.68. The summed E-state index contributed by atoms with van der Waals surface area (Å²) in [5.74, 6) is -0.385. The van der Waals surface area contributed by atoms with E-state index in [0.717, 1.165) is 18.6 Å². The van der Waals surface area contributed by atoms with E-state index in [9.17, 15) is 34.8 Å². The van der Waals surface area contributed by atoms with Crippen LogP contribution in [0.4, 0.5) is 26.3 Å². The second-order valence-corrected chi connectivity index (χ2v) is 11.4. The molecule has 2 atom stereocenters. The van der Waals surface area contributed by atoms with Crippen molar-refractivity contribution in [2.24, 2.45) is 0 Å². The topological polar surface area (TPSA) is 99.0 Å². The highest BCUT2D eigenvalue weighted by molar-refractivity contribution is 7.89. The number of rotatable bonds is 7. The van der Waals surface area contributed by atoms with Crippen molar-refractivity contribution in [3.8, 4) is 17.0 Å². The van der Waals surface area contributed by atoms with Crippen LogP contribution < -0.4 is 9.46 Å². The van der Waals surface area contributed by atoms with Crippen LogP contribution in [0.3, 0.4) is 0 Å². The minimum Gasteiger partial charge on any atom is -0.468 e. The highest BCUT2D eigenvalue weighted by atomic mass is 32.2. The molecule has 5 rings (SSSR count). The molecule has 4 aromatic rings. The first-order valence-corrected chi connectivity index (χ1v) is 14.0. The second-order valence-electron chi connectivity index (χ2n) is 9.72. The van der Waals surface area contributed by atoms with Crippen molar-refractivity contribution in [3.05, 3.63) is 66.7 Å². The van der Waals surface area contributed by atoms with Gasteiger partial charge in [0, 0.05) is 29.1 Å². The van der Waals surface area contributed by atoms with Crippen LogP contribution in [0, 0.1) is 0 Å². The fourth-order valence-corrected chi connectivity index (χ4v) is 6.25. The zero-order valence-corrected chi connectivity index (χ0v) is 22.0. The molecule has 2 aromatic carbocycles. The lowest BCUT2D eigenvalue weighted by molar-refractivity contribution is -0.154. The van der Waals surface area contributed by atoms with Crippen LogP contribution in [0.15, 0.2) is 66.1 Å². The summed E-state index contributed by atoms with van der Waals surface area (Å²) in [5.41, 5.74) is -1.19. The molecule has 2 aromatic heterocycles. The molecule has 1 fully saturated rings. The fourth-order valence-electron chi connectivity index (χ4n) is 4.90. The summed E-state index contributed by atoms with van der Waals surface area (Å²) in [7, 11) is -4.41. The van der Waals surface area contributed by atoms with Gasteiger partial charge >= 0.3 is 12.4 Å². The minimum absolute atomic E-state index is 0.0480. The second kappa shape index (κ2) is 10.9. The van der Waals surface area contributed by atoms with Gasteiger partial charge in [0.25, 0.3) is 0 Å². The van der Waals surface area contributed by atoms with Gasteiger partial charge in [-0.3, -0.25) is 0 Å². The molecule has 41 heavy (non-hydrogen) atoms. The van der Waals surface area contributed by atoms with E-state index < -0.39 is 45.5 Å². The number of para-hydroxylation sites is 1. The van der Waals surface area contributed by atoms with Crippen LogP contribution in [0.1, 0.15) is 37.3 Å². The van der Waals surface area contributed by atoms with Gasteiger partial charge in [-0.25, -0.2) is 18.1 Å². The average molecular weight is 600 g/mol. The summed E-state index contributed by atoms with van der Waals surface area (Å²) in [6.45, 7) is -1.61. The normalized spacial score (nSPS) is 18.5. The number of benzene rings is 2. The molecule has 1 saturated carbocycles. The van der Waals surface area contributed by atoms with Gasteiger partial charge in [0.2, 0.25) is 15.9 Å². The van der Waals surface area contributed by atoms with Gasteiger partial charge in [0.15, 0.2) is 6.61 Å². The van der Waals surface area contributed by atoms with E-state index >= 15 is 0 Å². The molecule has 0 amide bonds. The van der Waals surface area contributed by atoms with Crippen LogP contribution in [-0.2, 0) is 16.2 Å². The first-order valence-electron chi connectivity index (χ1n) is 12.5. The van der Waals surface area contributed by atoms with Crippen molar-refractivity contribution in [2.75, 3.05) is 6.61 Å². The van der Waals surface area contributed by atoms with E-state index in [2.05, 4.69) is 19.9 Å². The molecule has 0 spiro atoms. The molecular formula is C26H23F6N5O3S. The van der Waals surface area contributed by atoms with Crippen molar-refractivity contribution in [1.82, 2.24) is 24.5 Å². The Balaban J connectivity index is 1.52. The van der Waals surface area contributed by atoms with Crippen molar-refractivity contribution >= 4 is 20.9 Å². The lowest BCUT2D eigenvalue weighted by Gasteiger charge is -2.30. The molecule has 218 valence electrons. The predicted octanol–water partition coefficient (Wildman–Crippen LogP) is 5.92. The maximum Gasteiger partial charge on any atom is 0.422 e. The average Bonchev–Trinajstić information content (AvgIpc) is 3.46. The Morgan fingerprint density at radius 1 is 0.976 bits per heavy atom. The van der Waals surface area contributed by atoms with Crippen LogP contribution in [0.5, 0.6) is 5.88 Å². The van der Waals surface area contributed by atoms with Gasteiger partial charge in [0.1, 0.15) is 12.7 Å². The van der Waals surface area contributed by atoms with E-state index in [4.69, 9.17) is 4.74 Å². The number of ether oxygens (including phenoxy) is 1. The number of nitrogens with one attached hydrogen (secondary N) is 1. The van der Waals surface area contributed by atoms with E-state index in [0.29, 0.717) is 30.7 Å². The van der Waals surface area contributed by atoms with Gasteiger partial charge in [0.05, 0.1) is 16.0 Å². The smallest absolute Gasteiger partial charge is 0.422 e. The Labute approximate surface area is 230 Å². The predicted molar refractivity (Wildman–Crippen MR) is 135 cm³/mol. The first kappa shape index (κ1) is 28.8. The quantitative estimate of drug-likeness (QED) is 0.265. The van der Waals surface area contributed by atoms with Crippen LogP contribution >= 0.6 is 0 Å². The molecule has 1 aliphatic rings. The summed E-state index contributed by atoms with van der Waals surface area (Å²) < 4.78 is 116. The Morgan fingerprint density at radius 3 is 2.44 bits per heavy atom. The van der Waals surface area contributed by atoms with E-state index in [1.54, 1.807) is 10.6 Å². The van der Waals surface area contributed by atoms with Crippen LogP contribution in [0.25, 0.3) is 22.0 Å². The Hall–Kier alpha value is -3.72. The summed E-state index contributed by atoms with van der Waals surface area (Å²) in [6, 6.07) is 8.96. The van der Waals surface area contributed by atoms with Crippen LogP contribution in [-0.4, -0.2) is 47.0 Å². The van der Waals surface area contributed by atoms with E-state index in [1.807, 2.05) is 0 Å². The number of hydrogen-bond donors (Lipinski definition) is 1. The molecule has 2 unspecified atom stereocenters. The van der Waals surface area contributed by atoms with Gasteiger partial charge in [-0.15, -0.1) is 10.2 Å². The number of sulfonamides is 1. The van der Waals surface area contributed by atoms with Gasteiger partial charge in [-0.2, -0.15) is 26.3 Å². The molecule has 15 heteroatoms. The molecule has 2 heterocycles. The van der Waals surface area contributed by atoms with Gasteiger partial charge < -0.3 is 9.30 Å². The SMILES string of the molecule is O=S(=O)(NC1CCCC(n2cnnc2)C1)c1cc(-c2cccc3ccc(OCC(F)(F)F)nc23)cc(C(F)(F)F)c1. The minimum atomic E-state index is -4.89. The summed E-state index contributed by atoms with van der Waals surface area (Å²) in [6.07, 6.45) is -4.10. The number of hydrogen-bond acceptors (Lipinski definition) is 6. The fraction of sp³-hybridized carbons (Fsp3) is 0.346. The number of nitrogens with zero attached hydrogens (tertiary/aromatic N) is 4. The molecular weight excluding hydrogens is 576 g/mol. The third kappa shape index (κ3) is 6.78. The molecule has 0 bridgehead atoms. The summed E-state index contributed by atoms with van der Waals surface area (Å²) >= 11 is 0. The number of fused-ring (bicyclic) bond motifs is 1. The van der Waals surface area contributed by atoms with Gasteiger partial charge in [-0.05, 0) is 55.5 Å². The maximum atomic E-state index is 13.9. The largest absolute Gasteiger partial charge is 0.468 e. The molecule has 0 radical (unpaired) electrons. The maximum absolute atomic E-state index is 13.9. The van der Waals surface area contributed by atoms with Crippen molar-refractivity contribution in [3.63, 3.8) is 0 Å². The molecule has 0 saturated heterocycles. The molecule has 0 aliphatic heterocycles. The highest BCUT2D eigenvalue weighted by Gasteiger charge is 2.34. The lowest BCUT2D eigenvalue weighted by atomic mass is 9.91. The standard InChI is InChI=1S/C26H23F6N5O3S/c27-25(28,29)13-40-23-8-7-16-3-1-6-22(24(16)35-23)17-9-18(26(30,31)32)11-21(10-17)41(38,39)36-19-4-2-5-20(12-19)37-14-33-34-15-37/h1,3,6-11,14-15,19-20,36H,2,4-5,12-13H2. The first-order chi connectivity index (χ1) is 19.3. The van der Waals surface area contributed by atoms with Gasteiger partial charge in [-0.1, -0.05) is 18.2 Å². The molecule has 8 nitrogen and oxygen atoms in total. The summed E-state index contributed by atoms with van der Waals surface area (Å²) in [5, 5.41) is 7.94. The number of alkyl halides is 6. The molecule has 1 aliphatic carbocycles. The zero-order chi connectivity index (χ0) is 29.4. The molecule has 1 N–H and O–H groups in total. The third-order valence-electron chi connectivity index (χ3n) is 6.76. The third-order valence-corrected chi connectivity index (χ3v) is 8.26. The van der Waals surface area contributed by atoms with E-state index in [-0.39, 0.29) is 28.6 Å². The van der Waals surface area contributed by atoms with E-state index in [1.165, 1.54) is 36.9 Å². The lowest BCUT2D eigenvalue weighted by Crippen LogP contribution is -2.38. The Morgan fingerprint density at radius 2 is 1.73 bits per heavy atom.